The monoisotopic (exact) mass is 257 g/mol. The Morgan fingerprint density at radius 3 is 2.41 bits per heavy atom. The van der Waals surface area contributed by atoms with Gasteiger partial charge in [-0.3, -0.25) is 9.59 Å². The van der Waals surface area contributed by atoms with Gasteiger partial charge in [0.05, 0.1) is 16.3 Å². The molecule has 0 aliphatic heterocycles. The summed E-state index contributed by atoms with van der Waals surface area (Å²) >= 11 is 4.93. The van der Waals surface area contributed by atoms with Crippen molar-refractivity contribution in [2.24, 2.45) is 17.1 Å². The molecule has 0 aromatic rings. The number of hydrogen-bond donors (Lipinski definition) is 2. The molecule has 1 fully saturated rings. The van der Waals surface area contributed by atoms with Crippen LogP contribution in [0.4, 0.5) is 0 Å². The highest BCUT2D eigenvalue weighted by Crippen LogP contribution is 2.47. The summed E-state index contributed by atoms with van der Waals surface area (Å²) in [6.07, 6.45) is 1.44. The van der Waals surface area contributed by atoms with Crippen LogP contribution in [0, 0.1) is 11.3 Å². The third kappa shape index (κ3) is 2.74. The molecule has 0 aromatic heterocycles. The highest BCUT2D eigenvalue weighted by Gasteiger charge is 2.54. The van der Waals surface area contributed by atoms with Gasteiger partial charge in [-0.2, -0.15) is 0 Å². The molecule has 0 aromatic carbocycles. The van der Waals surface area contributed by atoms with E-state index in [9.17, 15) is 9.59 Å². The number of nitrogens with zero attached hydrogens (tertiary/aromatic N) is 1. The second-order valence-electron chi connectivity index (χ2n) is 4.65. The van der Waals surface area contributed by atoms with E-state index < -0.39 is 5.41 Å². The minimum absolute atomic E-state index is 0.0687. The molecule has 6 heteroatoms. The summed E-state index contributed by atoms with van der Waals surface area (Å²) in [5, 5.41) is 2.56. The van der Waals surface area contributed by atoms with Crippen molar-refractivity contribution < 1.29 is 9.59 Å². The highest BCUT2D eigenvalue weighted by atomic mass is 32.1. The molecule has 1 aliphatic carbocycles. The zero-order valence-electron chi connectivity index (χ0n) is 10.4. The van der Waals surface area contributed by atoms with Crippen molar-refractivity contribution in [3.05, 3.63) is 0 Å². The van der Waals surface area contributed by atoms with Crippen molar-refractivity contribution >= 4 is 29.0 Å². The van der Waals surface area contributed by atoms with E-state index in [1.807, 2.05) is 0 Å². The Hall–Kier alpha value is -1.17. The lowest BCUT2D eigenvalue weighted by molar-refractivity contribution is -0.134. The molecule has 0 spiro atoms. The molecule has 1 atom stereocenters. The highest BCUT2D eigenvalue weighted by molar-refractivity contribution is 7.80. The van der Waals surface area contributed by atoms with Crippen LogP contribution in [0.25, 0.3) is 0 Å². The van der Waals surface area contributed by atoms with E-state index in [4.69, 9.17) is 18.0 Å². The predicted octanol–water partition coefficient (Wildman–Crippen LogP) is -0.107. The molecule has 0 bridgehead atoms. The van der Waals surface area contributed by atoms with E-state index in [0.29, 0.717) is 6.54 Å². The Morgan fingerprint density at radius 2 is 2.06 bits per heavy atom. The van der Waals surface area contributed by atoms with Crippen molar-refractivity contribution in [3.8, 4) is 0 Å². The first-order valence-electron chi connectivity index (χ1n) is 5.62. The van der Waals surface area contributed by atoms with Crippen LogP contribution in [0.15, 0.2) is 0 Å². The predicted molar refractivity (Wildman–Crippen MR) is 69.3 cm³/mol. The molecule has 1 unspecified atom stereocenters. The maximum Gasteiger partial charge on any atom is 0.235 e. The van der Waals surface area contributed by atoms with Gasteiger partial charge in [-0.25, -0.2) is 0 Å². The largest absolute Gasteiger partial charge is 0.392 e. The van der Waals surface area contributed by atoms with E-state index in [2.05, 4.69) is 5.32 Å². The average molecular weight is 257 g/mol. The third-order valence-electron chi connectivity index (χ3n) is 3.22. The van der Waals surface area contributed by atoms with Crippen molar-refractivity contribution in [3.63, 3.8) is 0 Å². The first-order valence-corrected chi connectivity index (χ1v) is 6.03. The summed E-state index contributed by atoms with van der Waals surface area (Å²) in [6, 6.07) is 0. The molecule has 1 saturated carbocycles. The second-order valence-corrected chi connectivity index (χ2v) is 5.09. The number of rotatable bonds is 5. The molecule has 96 valence electrons. The van der Waals surface area contributed by atoms with Crippen LogP contribution in [0.2, 0.25) is 0 Å². The Balaban J connectivity index is 2.60. The fraction of sp³-hybridized carbons (Fsp3) is 0.727. The van der Waals surface area contributed by atoms with E-state index in [0.717, 1.165) is 12.8 Å². The van der Waals surface area contributed by atoms with E-state index >= 15 is 0 Å². The van der Waals surface area contributed by atoms with E-state index in [1.54, 1.807) is 25.9 Å². The summed E-state index contributed by atoms with van der Waals surface area (Å²) in [6.45, 7) is 2.16. The summed E-state index contributed by atoms with van der Waals surface area (Å²) < 4.78 is 0. The quantitative estimate of drug-likeness (QED) is 0.674. The molecule has 3 N–H and O–H groups in total. The lowest BCUT2D eigenvalue weighted by Crippen LogP contribution is -2.44. The lowest BCUT2D eigenvalue weighted by Gasteiger charge is -2.25. The number of nitrogens with two attached hydrogens (primary N) is 1. The third-order valence-corrected chi connectivity index (χ3v) is 3.61. The summed E-state index contributed by atoms with van der Waals surface area (Å²) in [4.78, 5) is 25.3. The first kappa shape index (κ1) is 13.9. The van der Waals surface area contributed by atoms with Gasteiger partial charge >= 0.3 is 0 Å². The van der Waals surface area contributed by atoms with Crippen molar-refractivity contribution in [2.45, 2.75) is 19.8 Å². The first-order chi connectivity index (χ1) is 7.85. The fourth-order valence-corrected chi connectivity index (χ4v) is 2.17. The van der Waals surface area contributed by atoms with Crippen molar-refractivity contribution in [1.82, 2.24) is 10.2 Å². The summed E-state index contributed by atoms with van der Waals surface area (Å²) in [5.74, 6) is -0.387. The van der Waals surface area contributed by atoms with Crippen LogP contribution < -0.4 is 11.1 Å². The molecule has 5 nitrogen and oxygen atoms in total. The number of hydrogen-bond acceptors (Lipinski definition) is 3. The van der Waals surface area contributed by atoms with Crippen molar-refractivity contribution in [2.75, 3.05) is 20.6 Å². The Labute approximate surface area is 107 Å². The van der Waals surface area contributed by atoms with Crippen LogP contribution in [0.5, 0.6) is 0 Å². The standard InChI is InChI=1S/C11H19N3O2S/c1-7(8(15)13-2)6-14(3)10(16)11(4-5-11)9(12)17/h7H,4-6H2,1-3H3,(H2,12,17)(H,13,15). The number of carbonyl (C=O) groups excluding carboxylic acids is 2. The molecule has 2 amide bonds. The van der Waals surface area contributed by atoms with E-state index in [-0.39, 0.29) is 22.7 Å². The zero-order valence-corrected chi connectivity index (χ0v) is 11.3. The zero-order chi connectivity index (χ0) is 13.2. The molecule has 0 radical (unpaired) electrons. The van der Waals surface area contributed by atoms with Gasteiger partial charge in [0.2, 0.25) is 11.8 Å². The van der Waals surface area contributed by atoms with Crippen LogP contribution in [0.1, 0.15) is 19.8 Å². The number of thiocarbonyl (C=S) groups is 1. The van der Waals surface area contributed by atoms with Crippen LogP contribution in [0.3, 0.4) is 0 Å². The number of carbonyl (C=O) groups is 2. The maximum atomic E-state index is 12.1. The van der Waals surface area contributed by atoms with Gasteiger partial charge in [-0.15, -0.1) is 0 Å². The molecular formula is C11H19N3O2S. The maximum absolute atomic E-state index is 12.1. The average Bonchev–Trinajstić information content (AvgIpc) is 3.07. The smallest absolute Gasteiger partial charge is 0.235 e. The summed E-state index contributed by atoms with van der Waals surface area (Å²) in [5.41, 5.74) is 4.96. The van der Waals surface area contributed by atoms with Gasteiger partial charge < -0.3 is 16.0 Å². The van der Waals surface area contributed by atoms with Gasteiger partial charge in [-0.05, 0) is 12.8 Å². The topological polar surface area (TPSA) is 75.4 Å². The molecule has 17 heavy (non-hydrogen) atoms. The normalized spacial score (nSPS) is 18.1. The Kier molecular flexibility index (Phi) is 4.08. The molecule has 1 aliphatic rings. The Morgan fingerprint density at radius 1 is 1.53 bits per heavy atom. The second kappa shape index (κ2) is 5.00. The Bertz CT molecular complexity index is 353. The fourth-order valence-electron chi connectivity index (χ4n) is 1.88. The van der Waals surface area contributed by atoms with Crippen LogP contribution in [-0.2, 0) is 9.59 Å². The molecule has 0 saturated heterocycles. The van der Waals surface area contributed by atoms with Gasteiger partial charge in [0.1, 0.15) is 0 Å². The molecule has 0 heterocycles. The molecule has 1 rings (SSSR count). The molecular weight excluding hydrogens is 238 g/mol. The number of nitrogens with one attached hydrogen (secondary N) is 1. The van der Waals surface area contributed by atoms with E-state index in [1.165, 1.54) is 0 Å². The number of amides is 2. The van der Waals surface area contributed by atoms with Crippen LogP contribution in [-0.4, -0.2) is 42.3 Å². The van der Waals surface area contributed by atoms with Gasteiger partial charge in [0.15, 0.2) is 0 Å². The van der Waals surface area contributed by atoms with Crippen molar-refractivity contribution in [1.29, 1.82) is 0 Å². The van der Waals surface area contributed by atoms with Gasteiger partial charge in [0.25, 0.3) is 0 Å². The SMILES string of the molecule is CNC(=O)C(C)CN(C)C(=O)C1(C(N)=S)CC1. The minimum atomic E-state index is -0.632. The minimum Gasteiger partial charge on any atom is -0.392 e. The van der Waals surface area contributed by atoms with Crippen LogP contribution >= 0.6 is 12.2 Å². The summed E-state index contributed by atoms with van der Waals surface area (Å²) in [7, 11) is 3.26. The lowest BCUT2D eigenvalue weighted by atomic mass is 10.0. The van der Waals surface area contributed by atoms with Gasteiger partial charge in [0, 0.05) is 20.6 Å². The van der Waals surface area contributed by atoms with Gasteiger partial charge in [-0.1, -0.05) is 19.1 Å².